The summed E-state index contributed by atoms with van der Waals surface area (Å²) in [5, 5.41) is -0.000307. The van der Waals surface area contributed by atoms with Crippen molar-refractivity contribution in [1.82, 2.24) is 9.80 Å². The first-order chi connectivity index (χ1) is 16.5. The van der Waals surface area contributed by atoms with Crippen LogP contribution in [0.25, 0.3) is 0 Å². The third kappa shape index (κ3) is 4.37. The number of imide groups is 1. The van der Waals surface area contributed by atoms with Crippen LogP contribution in [0, 0.1) is 3.57 Å². The molecule has 2 amide bonds. The molecular weight excluding hydrogens is 561 g/mol. The van der Waals surface area contributed by atoms with Crippen LogP contribution in [0.5, 0.6) is 0 Å². The Labute approximate surface area is 217 Å². The Morgan fingerprint density at radius 3 is 1.76 bits per heavy atom. The van der Waals surface area contributed by atoms with Crippen LogP contribution >= 0.6 is 34.2 Å². The number of amides is 2. The van der Waals surface area contributed by atoms with Crippen LogP contribution in [0.15, 0.2) is 95.7 Å². The molecule has 5 nitrogen and oxygen atoms in total. The summed E-state index contributed by atoms with van der Waals surface area (Å²) in [6, 6.07) is 28.3. The normalized spacial score (nSPS) is 17.3. The first-order valence-corrected chi connectivity index (χ1v) is 12.6. The van der Waals surface area contributed by atoms with E-state index in [9.17, 15) is 9.59 Å². The molecule has 0 saturated carbocycles. The molecule has 0 N–H and O–H groups in total. The maximum atomic E-state index is 13.3. The van der Waals surface area contributed by atoms with Crippen LogP contribution in [0.3, 0.4) is 0 Å². The van der Waals surface area contributed by atoms with Gasteiger partial charge < -0.3 is 4.90 Å². The molecule has 2 aliphatic rings. The molecule has 3 aromatic rings. The highest BCUT2D eigenvalue weighted by Crippen LogP contribution is 2.34. The Balaban J connectivity index is 1.35. The third-order valence-corrected chi connectivity index (χ3v) is 7.38. The SMILES string of the molecule is O=C1C(Cl)=C(N2CCN(C(c3ccccc3)c3ccccc3)CC2)C(=O)N1c1ccc(I)cc1. The summed E-state index contributed by atoms with van der Waals surface area (Å²) in [5.41, 5.74) is 3.31. The van der Waals surface area contributed by atoms with Gasteiger partial charge in [0.05, 0.1) is 11.7 Å². The molecule has 34 heavy (non-hydrogen) atoms. The van der Waals surface area contributed by atoms with E-state index in [1.807, 2.05) is 29.2 Å². The molecule has 0 spiro atoms. The van der Waals surface area contributed by atoms with Gasteiger partial charge in [0.2, 0.25) is 0 Å². The maximum absolute atomic E-state index is 13.3. The molecule has 2 heterocycles. The Morgan fingerprint density at radius 1 is 0.706 bits per heavy atom. The van der Waals surface area contributed by atoms with Crippen molar-refractivity contribution in [1.29, 1.82) is 0 Å². The predicted molar refractivity (Wildman–Crippen MR) is 142 cm³/mol. The second kappa shape index (κ2) is 9.90. The molecule has 0 bridgehead atoms. The highest BCUT2D eigenvalue weighted by atomic mass is 127. The van der Waals surface area contributed by atoms with Crippen molar-refractivity contribution in [3.05, 3.63) is 110 Å². The van der Waals surface area contributed by atoms with Crippen molar-refractivity contribution in [2.24, 2.45) is 0 Å². The van der Waals surface area contributed by atoms with E-state index in [1.54, 1.807) is 12.1 Å². The number of hydrogen-bond acceptors (Lipinski definition) is 4. The number of benzene rings is 3. The van der Waals surface area contributed by atoms with Crippen LogP contribution in [0.2, 0.25) is 0 Å². The second-order valence-electron chi connectivity index (χ2n) is 8.33. The zero-order valence-electron chi connectivity index (χ0n) is 18.4. The number of rotatable bonds is 5. The zero-order chi connectivity index (χ0) is 23.7. The fourth-order valence-corrected chi connectivity index (χ4v) is 5.32. The van der Waals surface area contributed by atoms with Crippen LogP contribution in [0.4, 0.5) is 5.69 Å². The van der Waals surface area contributed by atoms with E-state index in [1.165, 1.54) is 16.0 Å². The molecule has 0 aliphatic carbocycles. The number of carbonyl (C=O) groups excluding carboxylic acids is 2. The van der Waals surface area contributed by atoms with Gasteiger partial charge in [-0.05, 0) is 58.0 Å². The number of halogens is 2. The minimum atomic E-state index is -0.461. The molecule has 2 aliphatic heterocycles. The van der Waals surface area contributed by atoms with Gasteiger partial charge in [-0.25, -0.2) is 4.90 Å². The van der Waals surface area contributed by atoms with Crippen molar-refractivity contribution in [2.75, 3.05) is 31.1 Å². The number of nitrogens with zero attached hydrogens (tertiary/aromatic N) is 3. The van der Waals surface area contributed by atoms with Gasteiger partial charge in [0.25, 0.3) is 11.8 Å². The predicted octanol–water partition coefficient (Wildman–Crippen LogP) is 5.02. The Morgan fingerprint density at radius 2 is 1.24 bits per heavy atom. The van der Waals surface area contributed by atoms with Crippen LogP contribution < -0.4 is 4.90 Å². The van der Waals surface area contributed by atoms with E-state index in [4.69, 9.17) is 11.6 Å². The summed E-state index contributed by atoms with van der Waals surface area (Å²) in [4.78, 5) is 31.7. The maximum Gasteiger partial charge on any atom is 0.283 e. The quantitative estimate of drug-likeness (QED) is 0.313. The second-order valence-corrected chi connectivity index (χ2v) is 9.96. The first kappa shape index (κ1) is 23.1. The van der Waals surface area contributed by atoms with E-state index in [0.717, 1.165) is 16.7 Å². The number of anilines is 1. The van der Waals surface area contributed by atoms with Gasteiger partial charge in [-0.2, -0.15) is 0 Å². The largest absolute Gasteiger partial charge is 0.363 e. The molecule has 3 aromatic carbocycles. The van der Waals surface area contributed by atoms with Gasteiger partial charge >= 0.3 is 0 Å². The van der Waals surface area contributed by atoms with E-state index in [-0.39, 0.29) is 17.0 Å². The summed E-state index contributed by atoms with van der Waals surface area (Å²) in [6.45, 7) is 2.71. The van der Waals surface area contributed by atoms with Gasteiger partial charge in [-0.1, -0.05) is 72.3 Å². The fourth-order valence-electron chi connectivity index (χ4n) is 4.68. The average molecular weight is 584 g/mol. The van der Waals surface area contributed by atoms with E-state index >= 15 is 0 Å². The van der Waals surface area contributed by atoms with Gasteiger partial charge in [-0.15, -0.1) is 0 Å². The van der Waals surface area contributed by atoms with Crippen molar-refractivity contribution < 1.29 is 9.59 Å². The Kier molecular flexibility index (Phi) is 6.72. The lowest BCUT2D eigenvalue weighted by molar-refractivity contribution is -0.121. The van der Waals surface area contributed by atoms with Crippen molar-refractivity contribution in [2.45, 2.75) is 6.04 Å². The van der Waals surface area contributed by atoms with E-state index in [0.29, 0.717) is 24.5 Å². The molecule has 7 heteroatoms. The fraction of sp³-hybridized carbons (Fsp3) is 0.185. The molecule has 0 unspecified atom stereocenters. The lowest BCUT2D eigenvalue weighted by Gasteiger charge is -2.40. The topological polar surface area (TPSA) is 43.9 Å². The summed E-state index contributed by atoms with van der Waals surface area (Å²) in [5.74, 6) is -0.816. The Hall–Kier alpha value is -2.68. The van der Waals surface area contributed by atoms with Crippen molar-refractivity contribution in [3.63, 3.8) is 0 Å². The molecule has 172 valence electrons. The average Bonchev–Trinajstić information content (AvgIpc) is 3.09. The van der Waals surface area contributed by atoms with Gasteiger partial charge in [0.15, 0.2) is 0 Å². The molecule has 5 rings (SSSR count). The smallest absolute Gasteiger partial charge is 0.283 e. The van der Waals surface area contributed by atoms with Gasteiger partial charge in [0.1, 0.15) is 10.7 Å². The number of piperazine rings is 1. The molecule has 0 aromatic heterocycles. The van der Waals surface area contributed by atoms with Gasteiger partial charge in [0, 0.05) is 29.7 Å². The summed E-state index contributed by atoms with van der Waals surface area (Å²) in [7, 11) is 0. The highest BCUT2D eigenvalue weighted by Gasteiger charge is 2.42. The van der Waals surface area contributed by atoms with Gasteiger partial charge in [-0.3, -0.25) is 14.5 Å². The van der Waals surface area contributed by atoms with Crippen LogP contribution in [-0.2, 0) is 9.59 Å². The third-order valence-electron chi connectivity index (χ3n) is 6.32. The standard InChI is InChI=1S/C27H23ClIN3O2/c28-23-25(27(34)32(26(23)33)22-13-11-21(29)12-14-22)31-17-15-30(16-18-31)24(19-7-3-1-4-8-19)20-9-5-2-6-10-20/h1-14,24H,15-18H2. The Bertz CT molecular complexity index is 1180. The number of hydrogen-bond donors (Lipinski definition) is 0. The lowest BCUT2D eigenvalue weighted by atomic mass is 9.96. The summed E-state index contributed by atoms with van der Waals surface area (Å²) >= 11 is 8.63. The summed E-state index contributed by atoms with van der Waals surface area (Å²) < 4.78 is 1.03. The molecule has 1 fully saturated rings. The summed E-state index contributed by atoms with van der Waals surface area (Å²) in [6.07, 6.45) is 0. The monoisotopic (exact) mass is 583 g/mol. The lowest BCUT2D eigenvalue weighted by Crippen LogP contribution is -2.48. The number of carbonyl (C=O) groups is 2. The van der Waals surface area contributed by atoms with Crippen molar-refractivity contribution >= 4 is 51.7 Å². The molecule has 0 radical (unpaired) electrons. The minimum Gasteiger partial charge on any atom is -0.363 e. The van der Waals surface area contributed by atoms with E-state index in [2.05, 4.69) is 76.0 Å². The molecular formula is C27H23ClIN3O2. The van der Waals surface area contributed by atoms with Crippen LogP contribution in [0.1, 0.15) is 17.2 Å². The molecule has 0 atom stereocenters. The zero-order valence-corrected chi connectivity index (χ0v) is 21.3. The first-order valence-electron chi connectivity index (χ1n) is 11.2. The van der Waals surface area contributed by atoms with Crippen molar-refractivity contribution in [3.8, 4) is 0 Å². The van der Waals surface area contributed by atoms with E-state index < -0.39 is 5.91 Å². The highest BCUT2D eigenvalue weighted by molar-refractivity contribution is 14.1. The minimum absolute atomic E-state index is 0.000307. The van der Waals surface area contributed by atoms with Crippen LogP contribution in [-0.4, -0.2) is 47.8 Å². The molecule has 1 saturated heterocycles.